The molecule has 5 heteroatoms. The van der Waals surface area contributed by atoms with E-state index in [1.807, 2.05) is 19.0 Å². The van der Waals surface area contributed by atoms with E-state index in [1.54, 1.807) is 0 Å². The van der Waals surface area contributed by atoms with Crippen molar-refractivity contribution in [3.63, 3.8) is 0 Å². The third-order valence-electron chi connectivity index (χ3n) is 5.13. The molecule has 28 heavy (non-hydrogen) atoms. The fourth-order valence-electron chi connectivity index (χ4n) is 3.46. The predicted molar refractivity (Wildman–Crippen MR) is 114 cm³/mol. The number of likely N-dealkylation sites (tertiary alicyclic amines) is 1. The molecule has 0 aromatic heterocycles. The Morgan fingerprint density at radius 2 is 1.71 bits per heavy atom. The van der Waals surface area contributed by atoms with Gasteiger partial charge < -0.3 is 15.1 Å². The Balaban J connectivity index is 1.51. The molecule has 0 radical (unpaired) electrons. The maximum atomic E-state index is 11.8. The summed E-state index contributed by atoms with van der Waals surface area (Å²) >= 11 is 0. The van der Waals surface area contributed by atoms with Gasteiger partial charge in [-0.15, -0.1) is 0 Å². The van der Waals surface area contributed by atoms with Crippen LogP contribution in [0.25, 0.3) is 0 Å². The van der Waals surface area contributed by atoms with E-state index >= 15 is 0 Å². The molecule has 5 nitrogen and oxygen atoms in total. The zero-order valence-electron chi connectivity index (χ0n) is 17.1. The third kappa shape index (κ3) is 5.35. The maximum Gasteiger partial charge on any atom is 0.222 e. The first-order valence-electron chi connectivity index (χ1n) is 9.88. The number of guanidine groups is 1. The highest BCUT2D eigenvalue weighted by Gasteiger charge is 2.19. The van der Waals surface area contributed by atoms with Gasteiger partial charge >= 0.3 is 0 Å². The smallest absolute Gasteiger partial charge is 0.222 e. The van der Waals surface area contributed by atoms with Gasteiger partial charge in [0.05, 0.1) is 0 Å². The van der Waals surface area contributed by atoms with Crippen LogP contribution in [0.3, 0.4) is 0 Å². The molecule has 0 saturated carbocycles. The van der Waals surface area contributed by atoms with E-state index in [-0.39, 0.29) is 5.91 Å². The van der Waals surface area contributed by atoms with Crippen molar-refractivity contribution in [1.29, 1.82) is 0 Å². The lowest BCUT2D eigenvalue weighted by Gasteiger charge is -2.22. The standard InChI is InChI=1S/C23H30N4O/c1-18-6-8-20(9-7-18)16-26(3)23(24-2)25-15-19-10-12-21(13-11-19)17-27-14-4-5-22(27)28/h6-13H,4-5,14-17H2,1-3H3,(H,24,25). The first-order valence-corrected chi connectivity index (χ1v) is 9.88. The fraction of sp³-hybridized carbons (Fsp3) is 0.391. The second kappa shape index (κ2) is 9.40. The largest absolute Gasteiger partial charge is 0.352 e. The molecule has 0 spiro atoms. The van der Waals surface area contributed by atoms with Gasteiger partial charge in [0.2, 0.25) is 5.91 Å². The molecule has 1 heterocycles. The molecule has 2 aromatic rings. The van der Waals surface area contributed by atoms with Crippen LogP contribution in [-0.4, -0.2) is 42.3 Å². The number of carbonyl (C=O) groups excluding carboxylic acids is 1. The molecule has 1 aliphatic rings. The number of amides is 1. The Hall–Kier alpha value is -2.82. The minimum absolute atomic E-state index is 0.270. The van der Waals surface area contributed by atoms with E-state index < -0.39 is 0 Å². The number of aliphatic imine (C=N–C) groups is 1. The summed E-state index contributed by atoms with van der Waals surface area (Å²) in [6, 6.07) is 17.0. The maximum absolute atomic E-state index is 11.8. The van der Waals surface area contributed by atoms with Crippen molar-refractivity contribution >= 4 is 11.9 Å². The molecule has 1 aliphatic heterocycles. The zero-order valence-corrected chi connectivity index (χ0v) is 17.1. The molecule has 1 N–H and O–H groups in total. The molecule has 0 atom stereocenters. The van der Waals surface area contributed by atoms with Gasteiger partial charge in [0.1, 0.15) is 0 Å². The number of nitrogens with one attached hydrogen (secondary N) is 1. The van der Waals surface area contributed by atoms with Gasteiger partial charge in [-0.2, -0.15) is 0 Å². The van der Waals surface area contributed by atoms with Crippen LogP contribution in [0.5, 0.6) is 0 Å². The highest BCUT2D eigenvalue weighted by Crippen LogP contribution is 2.15. The lowest BCUT2D eigenvalue weighted by molar-refractivity contribution is -0.128. The third-order valence-corrected chi connectivity index (χ3v) is 5.13. The van der Waals surface area contributed by atoms with E-state index in [9.17, 15) is 4.79 Å². The molecule has 0 aliphatic carbocycles. The van der Waals surface area contributed by atoms with Crippen LogP contribution in [0.2, 0.25) is 0 Å². The Morgan fingerprint density at radius 1 is 1.07 bits per heavy atom. The molecular formula is C23H30N4O. The topological polar surface area (TPSA) is 47.9 Å². The lowest BCUT2D eigenvalue weighted by atomic mass is 10.1. The van der Waals surface area contributed by atoms with Gasteiger partial charge in [0.15, 0.2) is 5.96 Å². The minimum Gasteiger partial charge on any atom is -0.352 e. The summed E-state index contributed by atoms with van der Waals surface area (Å²) in [6.07, 6.45) is 1.67. The van der Waals surface area contributed by atoms with Crippen LogP contribution >= 0.6 is 0 Å². The molecule has 1 amide bonds. The molecule has 1 fully saturated rings. The Bertz CT molecular complexity index is 812. The van der Waals surface area contributed by atoms with E-state index in [0.717, 1.165) is 25.5 Å². The van der Waals surface area contributed by atoms with Crippen molar-refractivity contribution in [1.82, 2.24) is 15.1 Å². The quantitative estimate of drug-likeness (QED) is 0.620. The van der Waals surface area contributed by atoms with Crippen LogP contribution in [0.1, 0.15) is 35.1 Å². The van der Waals surface area contributed by atoms with Gasteiger partial charge in [-0.1, -0.05) is 54.1 Å². The summed E-state index contributed by atoms with van der Waals surface area (Å²) in [5.74, 6) is 1.14. The lowest BCUT2D eigenvalue weighted by Crippen LogP contribution is -2.38. The van der Waals surface area contributed by atoms with Crippen LogP contribution in [0.15, 0.2) is 53.5 Å². The molecule has 0 bridgehead atoms. The van der Waals surface area contributed by atoms with E-state index in [4.69, 9.17) is 0 Å². The normalized spacial score (nSPS) is 14.5. The van der Waals surface area contributed by atoms with Crippen LogP contribution in [-0.2, 0) is 24.4 Å². The van der Waals surface area contributed by atoms with Crippen molar-refractivity contribution < 1.29 is 4.79 Å². The van der Waals surface area contributed by atoms with Crippen molar-refractivity contribution in [2.75, 3.05) is 20.6 Å². The average Bonchev–Trinajstić information content (AvgIpc) is 3.10. The SMILES string of the molecule is CN=C(NCc1ccc(CN2CCCC2=O)cc1)N(C)Cc1ccc(C)cc1. The van der Waals surface area contributed by atoms with E-state index in [2.05, 4.69) is 70.7 Å². The summed E-state index contributed by atoms with van der Waals surface area (Å²) < 4.78 is 0. The molecular weight excluding hydrogens is 348 g/mol. The number of nitrogens with zero attached hydrogens (tertiary/aromatic N) is 3. The molecule has 148 valence electrons. The Kier molecular flexibility index (Phi) is 6.69. The van der Waals surface area contributed by atoms with Gasteiger partial charge in [0, 0.05) is 46.7 Å². The summed E-state index contributed by atoms with van der Waals surface area (Å²) in [5.41, 5.74) is 4.91. The van der Waals surface area contributed by atoms with Crippen LogP contribution in [0.4, 0.5) is 0 Å². The van der Waals surface area contributed by atoms with Crippen molar-refractivity contribution in [3.8, 4) is 0 Å². The summed E-state index contributed by atoms with van der Waals surface area (Å²) in [7, 11) is 3.86. The average molecular weight is 379 g/mol. The monoisotopic (exact) mass is 378 g/mol. The highest BCUT2D eigenvalue weighted by atomic mass is 16.2. The Morgan fingerprint density at radius 3 is 2.32 bits per heavy atom. The second-order valence-corrected chi connectivity index (χ2v) is 7.48. The van der Waals surface area contributed by atoms with Crippen molar-refractivity contribution in [2.45, 2.75) is 39.4 Å². The highest BCUT2D eigenvalue weighted by molar-refractivity contribution is 5.79. The van der Waals surface area contributed by atoms with Gasteiger partial charge in [-0.3, -0.25) is 9.79 Å². The number of benzene rings is 2. The molecule has 1 saturated heterocycles. The number of carbonyl (C=O) groups is 1. The molecule has 0 unspecified atom stereocenters. The van der Waals surface area contributed by atoms with Crippen molar-refractivity contribution in [2.24, 2.45) is 4.99 Å². The van der Waals surface area contributed by atoms with Crippen molar-refractivity contribution in [3.05, 3.63) is 70.8 Å². The fourth-order valence-corrected chi connectivity index (χ4v) is 3.46. The predicted octanol–water partition coefficient (Wildman–Crippen LogP) is 3.32. The van der Waals surface area contributed by atoms with Gasteiger partial charge in [-0.05, 0) is 30.0 Å². The number of aryl methyl sites for hydroxylation is 1. The summed E-state index contributed by atoms with van der Waals surface area (Å²) in [5, 5.41) is 3.43. The van der Waals surface area contributed by atoms with Gasteiger partial charge in [-0.25, -0.2) is 0 Å². The second-order valence-electron chi connectivity index (χ2n) is 7.48. The summed E-state index contributed by atoms with van der Waals surface area (Å²) in [6.45, 7) is 5.22. The first-order chi connectivity index (χ1) is 13.5. The molecule has 3 rings (SSSR count). The number of hydrogen-bond donors (Lipinski definition) is 1. The van der Waals surface area contributed by atoms with Crippen LogP contribution in [0, 0.1) is 6.92 Å². The number of rotatable bonds is 6. The first kappa shape index (κ1) is 19.9. The zero-order chi connectivity index (χ0) is 19.9. The van der Waals surface area contributed by atoms with E-state index in [0.29, 0.717) is 19.5 Å². The van der Waals surface area contributed by atoms with Gasteiger partial charge in [0.25, 0.3) is 0 Å². The minimum atomic E-state index is 0.270. The number of hydrogen-bond acceptors (Lipinski definition) is 2. The molecule has 2 aromatic carbocycles. The van der Waals surface area contributed by atoms with E-state index in [1.165, 1.54) is 22.3 Å². The van der Waals surface area contributed by atoms with Crippen LogP contribution < -0.4 is 5.32 Å². The Labute approximate surface area is 168 Å². The summed E-state index contributed by atoms with van der Waals surface area (Å²) in [4.78, 5) is 20.2.